The Labute approximate surface area is 185 Å². The molecule has 1 aromatic rings. The zero-order valence-corrected chi connectivity index (χ0v) is 18.5. The van der Waals surface area contributed by atoms with Gasteiger partial charge in [-0.2, -0.15) is 13.2 Å². The van der Waals surface area contributed by atoms with Crippen molar-refractivity contribution in [2.24, 2.45) is 0 Å². The molecule has 32 heavy (non-hydrogen) atoms. The van der Waals surface area contributed by atoms with Crippen LogP contribution in [0.3, 0.4) is 0 Å². The zero-order valence-electron chi connectivity index (χ0n) is 18.5. The maximum absolute atomic E-state index is 13.0. The van der Waals surface area contributed by atoms with Crippen molar-refractivity contribution in [3.05, 3.63) is 46.7 Å². The van der Waals surface area contributed by atoms with Crippen molar-refractivity contribution in [1.82, 2.24) is 20.0 Å². The number of esters is 1. The highest BCUT2D eigenvalue weighted by Gasteiger charge is 2.38. The van der Waals surface area contributed by atoms with Gasteiger partial charge in [0.05, 0.1) is 23.8 Å². The van der Waals surface area contributed by atoms with E-state index in [1.807, 2.05) is 0 Å². The number of rotatable bonds is 6. The summed E-state index contributed by atoms with van der Waals surface area (Å²) in [5, 5.41) is 2.73. The van der Waals surface area contributed by atoms with Crippen LogP contribution in [-0.2, 0) is 15.7 Å². The van der Waals surface area contributed by atoms with E-state index in [0.29, 0.717) is 17.8 Å². The summed E-state index contributed by atoms with van der Waals surface area (Å²) in [4.78, 5) is 31.5. The van der Waals surface area contributed by atoms with Crippen LogP contribution in [0.2, 0.25) is 0 Å². The number of urea groups is 1. The first kappa shape index (κ1) is 24.1. The zero-order chi connectivity index (χ0) is 23.5. The van der Waals surface area contributed by atoms with Crippen LogP contribution in [0.15, 0.2) is 35.5 Å². The van der Waals surface area contributed by atoms with Crippen LogP contribution < -0.4 is 5.32 Å². The molecule has 0 aliphatic carbocycles. The summed E-state index contributed by atoms with van der Waals surface area (Å²) in [7, 11) is 1.58. The number of carbonyl (C=O) groups excluding carboxylic acids is 2. The molecule has 2 amide bonds. The predicted octanol–water partition coefficient (Wildman–Crippen LogP) is 2.86. The van der Waals surface area contributed by atoms with Crippen LogP contribution in [0.5, 0.6) is 0 Å². The summed E-state index contributed by atoms with van der Waals surface area (Å²) in [5.41, 5.74) is 0.334. The van der Waals surface area contributed by atoms with Gasteiger partial charge in [0.2, 0.25) is 0 Å². The van der Waals surface area contributed by atoms with E-state index in [2.05, 4.69) is 22.0 Å². The number of hydrogen-bond donors (Lipinski definition) is 1. The number of nitrogens with one attached hydrogen (secondary N) is 1. The third-order valence-corrected chi connectivity index (χ3v) is 5.93. The smallest absolute Gasteiger partial charge is 0.416 e. The van der Waals surface area contributed by atoms with Gasteiger partial charge in [-0.15, -0.1) is 0 Å². The fraction of sp³-hybridized carbons (Fsp3) is 0.545. The fourth-order valence-corrected chi connectivity index (χ4v) is 3.99. The lowest BCUT2D eigenvalue weighted by Gasteiger charge is -2.39. The van der Waals surface area contributed by atoms with Crippen molar-refractivity contribution in [1.29, 1.82) is 0 Å². The maximum atomic E-state index is 13.0. The van der Waals surface area contributed by atoms with E-state index in [1.165, 1.54) is 17.0 Å². The van der Waals surface area contributed by atoms with Crippen molar-refractivity contribution >= 4 is 12.0 Å². The Morgan fingerprint density at radius 1 is 1.09 bits per heavy atom. The van der Waals surface area contributed by atoms with Gasteiger partial charge in [-0.1, -0.05) is 19.1 Å². The van der Waals surface area contributed by atoms with Crippen LogP contribution in [0.1, 0.15) is 31.0 Å². The van der Waals surface area contributed by atoms with Crippen LogP contribution in [0.25, 0.3) is 0 Å². The molecular formula is C22H29F3N4O3. The molecule has 2 aliphatic heterocycles. The number of carbonyl (C=O) groups is 2. The molecule has 176 valence electrons. The van der Waals surface area contributed by atoms with Gasteiger partial charge in [0.15, 0.2) is 0 Å². The Morgan fingerprint density at radius 3 is 2.22 bits per heavy atom. The minimum atomic E-state index is -4.47. The number of benzene rings is 1. The number of halogens is 3. The molecular weight excluding hydrogens is 425 g/mol. The summed E-state index contributed by atoms with van der Waals surface area (Å²) < 4.78 is 44.2. The third-order valence-electron chi connectivity index (χ3n) is 5.93. The van der Waals surface area contributed by atoms with E-state index in [0.717, 1.165) is 44.9 Å². The fourth-order valence-electron chi connectivity index (χ4n) is 3.99. The number of alkyl halides is 3. The van der Waals surface area contributed by atoms with Gasteiger partial charge in [0.1, 0.15) is 0 Å². The predicted molar refractivity (Wildman–Crippen MR) is 113 cm³/mol. The number of hydrogen-bond acceptors (Lipinski definition) is 5. The van der Waals surface area contributed by atoms with Crippen molar-refractivity contribution in [2.75, 3.05) is 52.9 Å². The van der Waals surface area contributed by atoms with Crippen LogP contribution in [0, 0.1) is 0 Å². The van der Waals surface area contributed by atoms with Gasteiger partial charge in [-0.05, 0) is 31.2 Å². The standard InChI is InChI=1S/C22H29F3N4O3/c1-4-28-10-12-29(13-11-28)14-17-18(20(30)32-5-2)19(26-21(31)27(17)3)15-6-8-16(9-7-15)22(23,24)25/h6-9,19H,4-5,10-14H2,1-3H3,(H,26,31)/t19-/m0/s1. The molecule has 1 fully saturated rings. The summed E-state index contributed by atoms with van der Waals surface area (Å²) in [6, 6.07) is 3.15. The summed E-state index contributed by atoms with van der Waals surface area (Å²) >= 11 is 0. The van der Waals surface area contributed by atoms with Crippen molar-refractivity contribution < 1.29 is 27.5 Å². The van der Waals surface area contributed by atoms with Crippen molar-refractivity contribution in [2.45, 2.75) is 26.1 Å². The molecule has 2 aliphatic rings. The quantitative estimate of drug-likeness (QED) is 0.670. The van der Waals surface area contributed by atoms with Gasteiger partial charge in [-0.3, -0.25) is 9.80 Å². The molecule has 0 unspecified atom stereocenters. The van der Waals surface area contributed by atoms with Crippen LogP contribution in [-0.4, -0.2) is 79.6 Å². The molecule has 0 bridgehead atoms. The number of likely N-dealkylation sites (N-methyl/N-ethyl adjacent to an activating group) is 2. The second-order valence-electron chi connectivity index (χ2n) is 7.85. The molecule has 0 spiro atoms. The van der Waals surface area contributed by atoms with Crippen LogP contribution >= 0.6 is 0 Å². The molecule has 3 rings (SSSR count). The number of nitrogens with zero attached hydrogens (tertiary/aromatic N) is 3. The second-order valence-corrected chi connectivity index (χ2v) is 7.85. The first-order chi connectivity index (χ1) is 15.2. The van der Waals surface area contributed by atoms with E-state index in [9.17, 15) is 22.8 Å². The topological polar surface area (TPSA) is 65.1 Å². The molecule has 1 aromatic carbocycles. The Kier molecular flexibility index (Phi) is 7.45. The average molecular weight is 454 g/mol. The van der Waals surface area contributed by atoms with Gasteiger partial charge in [-0.25, -0.2) is 9.59 Å². The van der Waals surface area contributed by atoms with Gasteiger partial charge in [0, 0.05) is 45.5 Å². The first-order valence-electron chi connectivity index (χ1n) is 10.7. The Morgan fingerprint density at radius 2 is 1.69 bits per heavy atom. The van der Waals surface area contributed by atoms with E-state index in [4.69, 9.17) is 4.74 Å². The number of ether oxygens (including phenoxy) is 1. The first-order valence-corrected chi connectivity index (χ1v) is 10.7. The molecule has 1 atom stereocenters. The second kappa shape index (κ2) is 9.91. The van der Waals surface area contributed by atoms with Crippen LogP contribution in [0.4, 0.5) is 18.0 Å². The molecule has 0 aromatic heterocycles. The Balaban J connectivity index is 1.98. The Bertz CT molecular complexity index is 862. The largest absolute Gasteiger partial charge is 0.463 e. The average Bonchev–Trinajstić information content (AvgIpc) is 2.77. The molecule has 7 nitrogen and oxygen atoms in total. The lowest BCUT2D eigenvalue weighted by atomic mass is 9.93. The van der Waals surface area contributed by atoms with E-state index >= 15 is 0 Å². The highest BCUT2D eigenvalue weighted by Crippen LogP contribution is 2.34. The maximum Gasteiger partial charge on any atom is 0.416 e. The van der Waals surface area contributed by atoms with Gasteiger partial charge < -0.3 is 15.0 Å². The SMILES string of the molecule is CCOC(=O)C1=C(CN2CCN(CC)CC2)N(C)C(=O)N[C@H]1c1ccc(C(F)(F)F)cc1. The molecule has 1 saturated heterocycles. The molecule has 0 radical (unpaired) electrons. The molecule has 2 heterocycles. The van der Waals surface area contributed by atoms with Crippen molar-refractivity contribution in [3.63, 3.8) is 0 Å². The molecule has 0 saturated carbocycles. The van der Waals surface area contributed by atoms with E-state index < -0.39 is 29.8 Å². The lowest BCUT2D eigenvalue weighted by molar-refractivity contribution is -0.139. The van der Waals surface area contributed by atoms with Gasteiger partial charge in [0.25, 0.3) is 0 Å². The summed E-state index contributed by atoms with van der Waals surface area (Å²) in [5.74, 6) is -0.591. The molecule has 1 N–H and O–H groups in total. The highest BCUT2D eigenvalue weighted by molar-refractivity contribution is 5.95. The van der Waals surface area contributed by atoms with E-state index in [1.54, 1.807) is 14.0 Å². The lowest BCUT2D eigenvalue weighted by Crippen LogP contribution is -2.52. The third kappa shape index (κ3) is 5.24. The minimum absolute atomic E-state index is 0.141. The minimum Gasteiger partial charge on any atom is -0.463 e. The van der Waals surface area contributed by atoms with Gasteiger partial charge >= 0.3 is 18.2 Å². The normalized spacial score (nSPS) is 21.0. The highest BCUT2D eigenvalue weighted by atomic mass is 19.4. The van der Waals surface area contributed by atoms with E-state index in [-0.39, 0.29) is 12.2 Å². The Hall–Kier alpha value is -2.59. The molecule has 10 heteroatoms. The number of amides is 2. The van der Waals surface area contributed by atoms with Crippen molar-refractivity contribution in [3.8, 4) is 0 Å². The monoisotopic (exact) mass is 454 g/mol. The summed E-state index contributed by atoms with van der Waals surface area (Å²) in [6.45, 7) is 8.60. The summed E-state index contributed by atoms with van der Waals surface area (Å²) in [6.07, 6.45) is -4.47. The number of piperazine rings is 1.